The summed E-state index contributed by atoms with van der Waals surface area (Å²) in [6.07, 6.45) is 1.49. The van der Waals surface area contributed by atoms with E-state index in [0.717, 1.165) is 17.5 Å². The van der Waals surface area contributed by atoms with Crippen molar-refractivity contribution in [2.45, 2.75) is 20.3 Å². The minimum Gasteiger partial charge on any atom is -0.565 e. The summed E-state index contributed by atoms with van der Waals surface area (Å²) in [7, 11) is 1.57. The van der Waals surface area contributed by atoms with Crippen LogP contribution in [0.5, 0.6) is 5.88 Å². The average Bonchev–Trinajstić information content (AvgIpc) is 2.46. The fourth-order valence-electron chi connectivity index (χ4n) is 2.28. The van der Waals surface area contributed by atoms with Gasteiger partial charge < -0.3 is 24.9 Å². The molecule has 1 amide bonds. The predicted molar refractivity (Wildman–Crippen MR) is 80.0 cm³/mol. The number of aryl methyl sites for hydroxylation is 1. The van der Waals surface area contributed by atoms with Crippen molar-refractivity contribution in [1.82, 2.24) is 9.88 Å². The van der Waals surface area contributed by atoms with Gasteiger partial charge in [-0.15, -0.1) is 0 Å². The normalized spacial score (nSPS) is 16.0. The quantitative estimate of drug-likeness (QED) is 0.635. The summed E-state index contributed by atoms with van der Waals surface area (Å²) in [5.74, 6) is 0.905. The van der Waals surface area contributed by atoms with Gasteiger partial charge in [-0.3, -0.25) is 4.90 Å². The Labute approximate surface area is 162 Å². The van der Waals surface area contributed by atoms with E-state index < -0.39 is 12.2 Å². The molecule has 1 aromatic heterocycles. The number of hydrogen-bond acceptors (Lipinski definition) is 5. The standard InChI is InChI=1S/C14H18N2O3.CH2O3.Na/c1-9-4-5-12(16(8-9)14(17)18)11-6-10(2)13(19-3)15-7-11;2-1(3)4;/h5-7,9H,4,8H2,1-3H3,(H,17,18);(H2,2,3,4);/q;;+1/p-1. The summed E-state index contributed by atoms with van der Waals surface area (Å²) in [6.45, 7) is 4.46. The maximum Gasteiger partial charge on any atom is 1.00 e. The van der Waals surface area contributed by atoms with Crippen LogP contribution in [0.15, 0.2) is 18.3 Å². The van der Waals surface area contributed by atoms with Crippen LogP contribution >= 0.6 is 0 Å². The average molecular weight is 346 g/mol. The molecule has 2 N–H and O–H groups in total. The molecule has 0 saturated carbocycles. The molecule has 1 atom stereocenters. The number of nitrogens with zero attached hydrogens (tertiary/aromatic N) is 2. The number of methoxy groups -OCH3 is 1. The van der Waals surface area contributed by atoms with Crippen molar-refractivity contribution in [2.75, 3.05) is 13.7 Å². The van der Waals surface area contributed by atoms with E-state index in [1.807, 2.05) is 26.0 Å². The number of allylic oxidation sites excluding steroid dienone is 1. The Kier molecular flexibility index (Phi) is 9.42. The number of rotatable bonds is 2. The molecule has 0 radical (unpaired) electrons. The molecule has 1 aliphatic heterocycles. The summed E-state index contributed by atoms with van der Waals surface area (Å²) in [6, 6.07) is 1.91. The van der Waals surface area contributed by atoms with Crippen LogP contribution in [0.4, 0.5) is 9.59 Å². The fraction of sp³-hybridized carbons (Fsp3) is 0.400. The minimum atomic E-state index is -2.08. The maximum absolute atomic E-state index is 11.3. The molecule has 0 fully saturated rings. The van der Waals surface area contributed by atoms with E-state index in [1.54, 1.807) is 13.3 Å². The number of hydrogen-bond donors (Lipinski definition) is 2. The van der Waals surface area contributed by atoms with Crippen LogP contribution in [0.1, 0.15) is 24.5 Å². The van der Waals surface area contributed by atoms with Crippen LogP contribution in [0, 0.1) is 12.8 Å². The second-order valence-corrected chi connectivity index (χ2v) is 5.14. The Morgan fingerprint density at radius 1 is 1.42 bits per heavy atom. The molecule has 2 rings (SSSR count). The first kappa shape index (κ1) is 22.2. The third kappa shape index (κ3) is 6.38. The van der Waals surface area contributed by atoms with E-state index in [4.69, 9.17) is 19.7 Å². The summed E-state index contributed by atoms with van der Waals surface area (Å²) in [5.41, 5.74) is 2.42. The molecule has 0 aromatic carbocycles. The van der Waals surface area contributed by atoms with Crippen molar-refractivity contribution >= 4 is 17.9 Å². The number of carbonyl (C=O) groups is 2. The third-order valence-corrected chi connectivity index (χ3v) is 3.25. The van der Waals surface area contributed by atoms with Crippen LogP contribution < -0.4 is 39.4 Å². The van der Waals surface area contributed by atoms with Gasteiger partial charge in [0.05, 0.1) is 12.8 Å². The molecular weight excluding hydrogens is 327 g/mol. The van der Waals surface area contributed by atoms with Gasteiger partial charge in [0.1, 0.15) is 0 Å². The number of ether oxygens (including phenoxy) is 1. The molecule has 8 nitrogen and oxygen atoms in total. The Hall–Kier alpha value is -1.77. The first-order chi connectivity index (χ1) is 10.8. The summed E-state index contributed by atoms with van der Waals surface area (Å²) >= 11 is 0. The SMILES string of the molecule is COc1ncc(C2=CCC(C)CN2C(=O)O)cc1C.O=C([O-])O.[Na+]. The van der Waals surface area contributed by atoms with E-state index in [0.29, 0.717) is 24.0 Å². The molecule has 1 aliphatic rings. The molecule has 1 aromatic rings. The van der Waals surface area contributed by atoms with Crippen molar-refractivity contribution in [3.63, 3.8) is 0 Å². The van der Waals surface area contributed by atoms with Gasteiger partial charge >= 0.3 is 35.7 Å². The van der Waals surface area contributed by atoms with Gasteiger partial charge in [0.15, 0.2) is 0 Å². The zero-order chi connectivity index (χ0) is 17.6. The fourth-order valence-corrected chi connectivity index (χ4v) is 2.28. The van der Waals surface area contributed by atoms with Crippen LogP contribution in [0.2, 0.25) is 0 Å². The number of aromatic nitrogens is 1. The van der Waals surface area contributed by atoms with Crippen molar-refractivity contribution < 1.29 is 59.2 Å². The first-order valence-corrected chi connectivity index (χ1v) is 6.87. The Bertz CT molecular complexity index is 616. The van der Waals surface area contributed by atoms with Crippen LogP contribution in [0.3, 0.4) is 0 Å². The molecule has 24 heavy (non-hydrogen) atoms. The zero-order valence-corrected chi connectivity index (χ0v) is 16.1. The van der Waals surface area contributed by atoms with Gasteiger partial charge in [0, 0.05) is 23.9 Å². The second-order valence-electron chi connectivity index (χ2n) is 5.14. The molecule has 0 spiro atoms. The van der Waals surface area contributed by atoms with E-state index >= 15 is 0 Å². The predicted octanol–water partition coefficient (Wildman–Crippen LogP) is -1.35. The van der Waals surface area contributed by atoms with Gasteiger partial charge in [-0.1, -0.05) is 13.0 Å². The van der Waals surface area contributed by atoms with Crippen molar-refractivity contribution in [3.8, 4) is 5.88 Å². The number of carboxylic acid groups (broad SMARTS) is 3. The van der Waals surface area contributed by atoms with Crippen molar-refractivity contribution in [3.05, 3.63) is 29.5 Å². The van der Waals surface area contributed by atoms with Crippen molar-refractivity contribution in [2.24, 2.45) is 5.92 Å². The monoisotopic (exact) mass is 346 g/mol. The number of pyridine rings is 1. The van der Waals surface area contributed by atoms with Crippen LogP contribution in [-0.4, -0.2) is 46.0 Å². The molecule has 1 unspecified atom stereocenters. The summed E-state index contributed by atoms with van der Waals surface area (Å²) < 4.78 is 5.12. The first-order valence-electron chi connectivity index (χ1n) is 6.87. The minimum absolute atomic E-state index is 0. The van der Waals surface area contributed by atoms with Gasteiger partial charge in [0.25, 0.3) is 0 Å². The molecule has 9 heteroatoms. The summed E-state index contributed by atoms with van der Waals surface area (Å²) in [5, 5.41) is 24.6. The van der Waals surface area contributed by atoms with Crippen LogP contribution in [-0.2, 0) is 0 Å². The van der Waals surface area contributed by atoms with Gasteiger partial charge in [0.2, 0.25) is 12.0 Å². The second kappa shape index (κ2) is 10.2. The van der Waals surface area contributed by atoms with Crippen molar-refractivity contribution in [1.29, 1.82) is 0 Å². The van der Waals surface area contributed by atoms with Crippen LogP contribution in [0.25, 0.3) is 5.70 Å². The Morgan fingerprint density at radius 2 is 2.00 bits per heavy atom. The van der Waals surface area contributed by atoms with Gasteiger partial charge in [-0.25, -0.2) is 9.78 Å². The zero-order valence-electron chi connectivity index (χ0n) is 14.1. The van der Waals surface area contributed by atoms with E-state index in [-0.39, 0.29) is 29.6 Å². The maximum atomic E-state index is 11.3. The molecule has 2 heterocycles. The van der Waals surface area contributed by atoms with E-state index in [2.05, 4.69) is 4.98 Å². The smallest absolute Gasteiger partial charge is 0.565 e. The number of amides is 1. The molecule has 0 saturated heterocycles. The largest absolute Gasteiger partial charge is 1.00 e. The van der Waals surface area contributed by atoms with Gasteiger partial charge in [-0.05, 0) is 25.3 Å². The topological polar surface area (TPSA) is 123 Å². The van der Waals surface area contributed by atoms with E-state index in [1.165, 1.54) is 4.90 Å². The molecule has 0 bridgehead atoms. The van der Waals surface area contributed by atoms with Gasteiger partial charge in [-0.2, -0.15) is 0 Å². The molecular formula is C15H19N2NaO6. The van der Waals surface area contributed by atoms with E-state index in [9.17, 15) is 9.90 Å². The Balaban J connectivity index is 0.000000954. The summed E-state index contributed by atoms with van der Waals surface area (Å²) in [4.78, 5) is 25.4. The third-order valence-electron chi connectivity index (χ3n) is 3.25. The molecule has 0 aliphatic carbocycles. The molecule has 126 valence electrons. The Morgan fingerprint density at radius 3 is 2.46 bits per heavy atom.